The summed E-state index contributed by atoms with van der Waals surface area (Å²) in [5, 5.41) is 2.89. The smallest absolute Gasteiger partial charge is 0.150 e. The van der Waals surface area contributed by atoms with Gasteiger partial charge in [0.05, 0.1) is 10.7 Å². The van der Waals surface area contributed by atoms with Gasteiger partial charge in [0, 0.05) is 19.2 Å². The zero-order chi connectivity index (χ0) is 11.4. The van der Waals surface area contributed by atoms with Gasteiger partial charge in [0.15, 0.2) is 5.82 Å². The molecule has 0 unspecified atom stereocenters. The maximum atomic E-state index is 13.2. The summed E-state index contributed by atoms with van der Waals surface area (Å²) in [5.74, 6) is -1.34. The number of hydrogen-bond acceptors (Lipinski definition) is 2. The van der Waals surface area contributed by atoms with Crippen LogP contribution < -0.4 is 5.32 Å². The van der Waals surface area contributed by atoms with Gasteiger partial charge in [-0.25, -0.2) is 8.78 Å². The number of nitrogens with zero attached hydrogens (tertiary/aromatic N) is 1. The van der Waals surface area contributed by atoms with Gasteiger partial charge in [-0.3, -0.25) is 0 Å². The third-order valence-electron chi connectivity index (χ3n) is 1.87. The molecule has 0 amide bonds. The first kappa shape index (κ1) is 12.2. The molecule has 0 saturated carbocycles. The number of nitrogens with one attached hydrogen (secondary N) is 1. The van der Waals surface area contributed by atoms with Crippen molar-refractivity contribution in [3.8, 4) is 0 Å². The van der Waals surface area contributed by atoms with Gasteiger partial charge in [-0.15, -0.1) is 0 Å². The summed E-state index contributed by atoms with van der Waals surface area (Å²) >= 11 is 5.69. The molecule has 1 aromatic rings. The minimum Gasteiger partial charge on any atom is -0.380 e. The Kier molecular flexibility index (Phi) is 4.29. The maximum absolute atomic E-state index is 13.2. The van der Waals surface area contributed by atoms with E-state index in [2.05, 4.69) is 5.32 Å². The van der Waals surface area contributed by atoms with Gasteiger partial charge in [0.2, 0.25) is 0 Å². The van der Waals surface area contributed by atoms with Crippen LogP contribution in [0.15, 0.2) is 12.1 Å². The second-order valence-corrected chi connectivity index (χ2v) is 3.88. The standard InChI is InChI=1S/C10H13ClF2N2/c1-15(2)4-3-14-10-8(11)5-7(12)6-9(10)13/h5-6,14H,3-4H2,1-2H3. The summed E-state index contributed by atoms with van der Waals surface area (Å²) in [6.45, 7) is 1.29. The first-order valence-corrected chi connectivity index (χ1v) is 4.91. The minimum atomic E-state index is -0.671. The predicted octanol–water partition coefficient (Wildman–Crippen LogP) is 2.59. The predicted molar refractivity (Wildman–Crippen MR) is 58.4 cm³/mol. The average Bonchev–Trinajstić information content (AvgIpc) is 2.08. The first-order valence-electron chi connectivity index (χ1n) is 4.54. The minimum absolute atomic E-state index is 0.0613. The van der Waals surface area contributed by atoms with Crippen LogP contribution in [0.2, 0.25) is 5.02 Å². The molecule has 2 nitrogen and oxygen atoms in total. The molecule has 84 valence electrons. The summed E-state index contributed by atoms with van der Waals surface area (Å²) in [6, 6.07) is 1.90. The van der Waals surface area contributed by atoms with E-state index in [1.165, 1.54) is 0 Å². The van der Waals surface area contributed by atoms with Crippen LogP contribution in [0, 0.1) is 11.6 Å². The Hall–Kier alpha value is -0.870. The van der Waals surface area contributed by atoms with Gasteiger partial charge in [0.1, 0.15) is 5.82 Å². The fourth-order valence-electron chi connectivity index (χ4n) is 1.12. The van der Waals surface area contributed by atoms with Crippen LogP contribution in [0.4, 0.5) is 14.5 Å². The highest BCUT2D eigenvalue weighted by molar-refractivity contribution is 6.33. The van der Waals surface area contributed by atoms with Gasteiger partial charge < -0.3 is 10.2 Å². The quantitative estimate of drug-likeness (QED) is 0.862. The Labute approximate surface area is 92.8 Å². The molecule has 0 bridgehead atoms. The Balaban J connectivity index is 2.68. The molecule has 1 N–H and O–H groups in total. The van der Waals surface area contributed by atoms with Gasteiger partial charge in [-0.05, 0) is 20.2 Å². The van der Waals surface area contributed by atoms with Crippen LogP contribution in [-0.4, -0.2) is 32.1 Å². The molecule has 0 aromatic heterocycles. The van der Waals surface area contributed by atoms with Crippen molar-refractivity contribution in [3.05, 3.63) is 28.8 Å². The van der Waals surface area contributed by atoms with E-state index in [1.807, 2.05) is 19.0 Å². The number of rotatable bonds is 4. The molecule has 0 aliphatic heterocycles. The summed E-state index contributed by atoms with van der Waals surface area (Å²) in [6.07, 6.45) is 0. The number of anilines is 1. The van der Waals surface area contributed by atoms with E-state index in [0.29, 0.717) is 6.54 Å². The topological polar surface area (TPSA) is 15.3 Å². The van der Waals surface area contributed by atoms with E-state index in [9.17, 15) is 8.78 Å². The SMILES string of the molecule is CN(C)CCNc1c(F)cc(F)cc1Cl. The van der Waals surface area contributed by atoms with Gasteiger partial charge in [-0.1, -0.05) is 11.6 Å². The largest absolute Gasteiger partial charge is 0.380 e. The number of hydrogen-bond donors (Lipinski definition) is 1. The lowest BCUT2D eigenvalue weighted by molar-refractivity contribution is 0.425. The average molecular weight is 235 g/mol. The van der Waals surface area contributed by atoms with Crippen molar-refractivity contribution >= 4 is 17.3 Å². The normalized spacial score (nSPS) is 10.8. The summed E-state index contributed by atoms with van der Waals surface area (Å²) < 4.78 is 25.9. The maximum Gasteiger partial charge on any atom is 0.150 e. The first-order chi connectivity index (χ1) is 7.00. The highest BCUT2D eigenvalue weighted by Gasteiger charge is 2.08. The highest BCUT2D eigenvalue weighted by Crippen LogP contribution is 2.25. The van der Waals surface area contributed by atoms with E-state index in [1.54, 1.807) is 0 Å². The summed E-state index contributed by atoms with van der Waals surface area (Å²) in [5.41, 5.74) is 0.153. The lowest BCUT2D eigenvalue weighted by atomic mass is 10.3. The van der Waals surface area contributed by atoms with E-state index < -0.39 is 11.6 Å². The lowest BCUT2D eigenvalue weighted by Crippen LogP contribution is -2.21. The number of benzene rings is 1. The zero-order valence-electron chi connectivity index (χ0n) is 8.65. The number of halogens is 3. The van der Waals surface area contributed by atoms with E-state index in [-0.39, 0.29) is 10.7 Å². The molecular formula is C10H13ClF2N2. The fraction of sp³-hybridized carbons (Fsp3) is 0.400. The van der Waals surface area contributed by atoms with E-state index in [4.69, 9.17) is 11.6 Å². The van der Waals surface area contributed by atoms with Gasteiger partial charge in [0.25, 0.3) is 0 Å². The molecule has 1 aromatic carbocycles. The molecule has 0 fully saturated rings. The monoisotopic (exact) mass is 234 g/mol. The highest BCUT2D eigenvalue weighted by atomic mass is 35.5. The Morgan fingerprint density at radius 3 is 2.53 bits per heavy atom. The van der Waals surface area contributed by atoms with Crippen molar-refractivity contribution in [2.24, 2.45) is 0 Å². The van der Waals surface area contributed by atoms with Crippen molar-refractivity contribution in [3.63, 3.8) is 0 Å². The molecule has 5 heteroatoms. The molecule has 0 aliphatic rings. The summed E-state index contributed by atoms with van der Waals surface area (Å²) in [7, 11) is 3.81. The molecule has 15 heavy (non-hydrogen) atoms. The van der Waals surface area contributed by atoms with Gasteiger partial charge >= 0.3 is 0 Å². The van der Waals surface area contributed by atoms with Crippen molar-refractivity contribution in [1.29, 1.82) is 0 Å². The van der Waals surface area contributed by atoms with Crippen molar-refractivity contribution < 1.29 is 8.78 Å². The van der Waals surface area contributed by atoms with Crippen LogP contribution in [0.25, 0.3) is 0 Å². The third-order valence-corrected chi connectivity index (χ3v) is 2.17. The van der Waals surface area contributed by atoms with Crippen molar-refractivity contribution in [2.75, 3.05) is 32.5 Å². The van der Waals surface area contributed by atoms with Crippen molar-refractivity contribution in [1.82, 2.24) is 4.90 Å². The fourth-order valence-corrected chi connectivity index (χ4v) is 1.38. The van der Waals surface area contributed by atoms with E-state index >= 15 is 0 Å². The van der Waals surface area contributed by atoms with E-state index in [0.717, 1.165) is 18.7 Å². The molecule has 0 saturated heterocycles. The zero-order valence-corrected chi connectivity index (χ0v) is 9.41. The Morgan fingerprint density at radius 1 is 1.33 bits per heavy atom. The Bertz CT molecular complexity index is 319. The molecule has 0 spiro atoms. The molecule has 0 atom stereocenters. The van der Waals surface area contributed by atoms with Gasteiger partial charge in [-0.2, -0.15) is 0 Å². The molecule has 1 rings (SSSR count). The molecule has 0 heterocycles. The van der Waals surface area contributed by atoms with Crippen molar-refractivity contribution in [2.45, 2.75) is 0 Å². The number of likely N-dealkylation sites (N-methyl/N-ethyl adjacent to an activating group) is 1. The lowest BCUT2D eigenvalue weighted by Gasteiger charge is -2.13. The van der Waals surface area contributed by atoms with Crippen LogP contribution in [0.1, 0.15) is 0 Å². The molecular weight excluding hydrogens is 222 g/mol. The van der Waals surface area contributed by atoms with Crippen LogP contribution >= 0.6 is 11.6 Å². The molecule has 0 aliphatic carbocycles. The van der Waals surface area contributed by atoms with Crippen LogP contribution in [0.5, 0.6) is 0 Å². The van der Waals surface area contributed by atoms with Crippen LogP contribution in [0.3, 0.4) is 0 Å². The summed E-state index contributed by atoms with van der Waals surface area (Å²) in [4.78, 5) is 1.95. The Morgan fingerprint density at radius 2 is 2.00 bits per heavy atom. The van der Waals surface area contributed by atoms with Crippen LogP contribution in [-0.2, 0) is 0 Å². The molecule has 0 radical (unpaired) electrons. The third kappa shape index (κ3) is 3.64. The second kappa shape index (κ2) is 5.28. The second-order valence-electron chi connectivity index (χ2n) is 3.47.